The minimum atomic E-state index is -4.85. The van der Waals surface area contributed by atoms with Crippen LogP contribution in [0.25, 0.3) is 0 Å². The standard InChI is InChI=1S/C47H98O11P2.2Na/c1-38(2)18-12-20-40(5)22-14-24-42(7)26-16-28-44(9)30-32-54-36-47(37-58-60(51,52)57-35-46(48)34-56-59(49,50)53-11)55-33-31-45(10)29-17-27-43(8)25-15-23-41(6)21-13-19-39(3)4;;/h38-48H,12-37H2,1-11H3,(H,49,50)(H,51,52);;/q;2*+1/p-2/t40-,41-,42-,43-,44-,45-,46-,47+;;/m1../s1. The molecule has 1 N–H and O–H groups in total. The molecular weight excluding hydrogens is 848 g/mol. The average Bonchev–Trinajstić information content (AvgIpc) is 3.16. The van der Waals surface area contributed by atoms with Crippen LogP contribution in [0.15, 0.2) is 0 Å². The van der Waals surface area contributed by atoms with Gasteiger partial charge in [0.05, 0.1) is 26.4 Å². The van der Waals surface area contributed by atoms with Crippen LogP contribution in [0, 0.1) is 47.3 Å². The van der Waals surface area contributed by atoms with E-state index in [4.69, 9.17) is 18.5 Å². The number of phosphoric acid groups is 2. The number of aliphatic hydroxyl groups is 1. The second-order valence-electron chi connectivity index (χ2n) is 19.8. The van der Waals surface area contributed by atoms with Crippen LogP contribution in [0.3, 0.4) is 0 Å². The molecule has 2 unspecified atom stereocenters. The molecule has 0 aromatic heterocycles. The molecule has 0 saturated heterocycles. The molecule has 15 heteroatoms. The number of hydrogen-bond acceptors (Lipinski definition) is 11. The van der Waals surface area contributed by atoms with Crippen LogP contribution in [0.1, 0.15) is 198 Å². The van der Waals surface area contributed by atoms with Gasteiger partial charge in [-0.3, -0.25) is 9.13 Å². The molecule has 0 saturated carbocycles. The predicted octanol–water partition coefficient (Wildman–Crippen LogP) is 6.32. The number of rotatable bonds is 43. The first kappa shape index (κ1) is 68.4. The fourth-order valence-electron chi connectivity index (χ4n) is 7.62. The maximum atomic E-state index is 12.5. The second-order valence-corrected chi connectivity index (χ2v) is 22.7. The molecule has 11 nitrogen and oxygen atoms in total. The van der Waals surface area contributed by atoms with Gasteiger partial charge < -0.3 is 42.5 Å². The Morgan fingerprint density at radius 1 is 0.435 bits per heavy atom. The van der Waals surface area contributed by atoms with Gasteiger partial charge in [-0.2, -0.15) is 0 Å². The summed E-state index contributed by atoms with van der Waals surface area (Å²) in [5.74, 6) is 5.70. The number of phosphoric ester groups is 2. The normalized spacial score (nSPS) is 17.9. The Kier molecular flexibility index (Phi) is 46.3. The molecular formula is C47H96Na2O11P2. The summed E-state index contributed by atoms with van der Waals surface area (Å²) >= 11 is 0. The van der Waals surface area contributed by atoms with E-state index < -0.39 is 41.1 Å². The molecule has 10 atom stereocenters. The zero-order valence-corrected chi connectivity index (χ0v) is 48.4. The van der Waals surface area contributed by atoms with E-state index in [0.29, 0.717) is 25.0 Å². The zero-order chi connectivity index (χ0) is 45.4. The van der Waals surface area contributed by atoms with E-state index in [-0.39, 0.29) is 72.3 Å². The van der Waals surface area contributed by atoms with E-state index >= 15 is 0 Å². The van der Waals surface area contributed by atoms with Gasteiger partial charge in [0.2, 0.25) is 0 Å². The van der Waals surface area contributed by atoms with Gasteiger partial charge in [-0.05, 0) is 60.2 Å². The van der Waals surface area contributed by atoms with Crippen LogP contribution in [0.2, 0.25) is 0 Å². The Morgan fingerprint density at radius 2 is 0.742 bits per heavy atom. The molecule has 0 amide bonds. The predicted molar refractivity (Wildman–Crippen MR) is 244 cm³/mol. The molecule has 62 heavy (non-hydrogen) atoms. The van der Waals surface area contributed by atoms with Gasteiger partial charge in [0.1, 0.15) is 12.2 Å². The SMILES string of the molecule is COP(=O)([O-])OC[C@@H](O)COP(=O)([O-])OC[C@H](COCC[C@H](C)CCC[C@H](C)CCC[C@H](C)CCCC(C)C)OCC[C@H](C)CCC[C@H](C)CCC[C@H](C)CCCC(C)C.[Na+].[Na+]. The average molecular weight is 945 g/mol. The molecule has 0 spiro atoms. The van der Waals surface area contributed by atoms with Crippen molar-refractivity contribution in [2.24, 2.45) is 47.3 Å². The van der Waals surface area contributed by atoms with Crippen LogP contribution in [0.4, 0.5) is 0 Å². The molecule has 0 aromatic rings. The van der Waals surface area contributed by atoms with E-state index in [0.717, 1.165) is 68.3 Å². The van der Waals surface area contributed by atoms with E-state index in [1.54, 1.807) is 0 Å². The number of hydrogen-bond donors (Lipinski definition) is 1. The van der Waals surface area contributed by atoms with E-state index in [1.165, 1.54) is 103 Å². The smallest absolute Gasteiger partial charge is 0.756 e. The summed E-state index contributed by atoms with van der Waals surface area (Å²) in [5, 5.41) is 9.94. The van der Waals surface area contributed by atoms with Gasteiger partial charge in [-0.25, -0.2) is 0 Å². The Hall–Kier alpha value is 2.10. The van der Waals surface area contributed by atoms with E-state index in [2.05, 4.69) is 78.3 Å². The third-order valence-electron chi connectivity index (χ3n) is 12.0. The van der Waals surface area contributed by atoms with Crippen molar-refractivity contribution in [3.05, 3.63) is 0 Å². The van der Waals surface area contributed by atoms with Crippen molar-refractivity contribution in [3.63, 3.8) is 0 Å². The van der Waals surface area contributed by atoms with Crippen molar-refractivity contribution in [1.29, 1.82) is 0 Å². The molecule has 0 aliphatic carbocycles. The third kappa shape index (κ3) is 44.6. The Morgan fingerprint density at radius 3 is 1.10 bits per heavy atom. The van der Waals surface area contributed by atoms with Crippen LogP contribution in [-0.4, -0.2) is 64.1 Å². The molecule has 0 rings (SSSR count). The Bertz CT molecular complexity index is 1090. The summed E-state index contributed by atoms with van der Waals surface area (Å²) < 4.78 is 54.6. The second kappa shape index (κ2) is 42.0. The molecule has 0 heterocycles. The first-order valence-electron chi connectivity index (χ1n) is 24.2. The van der Waals surface area contributed by atoms with Crippen LogP contribution in [0.5, 0.6) is 0 Å². The van der Waals surface area contributed by atoms with Gasteiger partial charge >= 0.3 is 59.1 Å². The topological polar surface area (TPSA) is 156 Å². The first-order valence-corrected chi connectivity index (χ1v) is 27.1. The van der Waals surface area contributed by atoms with E-state index in [1.807, 2.05) is 0 Å². The van der Waals surface area contributed by atoms with Gasteiger partial charge in [0.25, 0.3) is 15.6 Å². The summed E-state index contributed by atoms with van der Waals surface area (Å²) in [6.45, 7) is 22.7. The largest absolute Gasteiger partial charge is 1.00 e. The molecule has 0 aromatic carbocycles. The number of ether oxygens (including phenoxy) is 2. The fourth-order valence-corrected chi connectivity index (χ4v) is 8.86. The van der Waals surface area contributed by atoms with Crippen LogP contribution >= 0.6 is 15.6 Å². The van der Waals surface area contributed by atoms with Crippen LogP contribution < -0.4 is 68.9 Å². The first-order chi connectivity index (χ1) is 28.2. The summed E-state index contributed by atoms with van der Waals surface area (Å²) in [6, 6.07) is 0. The quantitative estimate of drug-likeness (QED) is 0.0415. The number of aliphatic hydroxyl groups excluding tert-OH is 1. The monoisotopic (exact) mass is 945 g/mol. The van der Waals surface area contributed by atoms with Crippen molar-refractivity contribution in [1.82, 2.24) is 0 Å². The summed E-state index contributed by atoms with van der Waals surface area (Å²) in [6.07, 6.45) is 22.7. The minimum Gasteiger partial charge on any atom is -0.756 e. The van der Waals surface area contributed by atoms with Gasteiger partial charge in [0, 0.05) is 20.3 Å². The fraction of sp³-hybridized carbons (Fsp3) is 1.00. The van der Waals surface area contributed by atoms with Gasteiger partial charge in [0.15, 0.2) is 0 Å². The third-order valence-corrected chi connectivity index (χ3v) is 13.9. The zero-order valence-electron chi connectivity index (χ0n) is 42.6. The van der Waals surface area contributed by atoms with Crippen LogP contribution in [-0.2, 0) is 36.7 Å². The Balaban J connectivity index is -0.0000174. The van der Waals surface area contributed by atoms with Gasteiger partial charge in [-0.1, -0.05) is 185 Å². The summed E-state index contributed by atoms with van der Waals surface area (Å²) in [7, 11) is -8.50. The molecule has 0 fully saturated rings. The maximum Gasteiger partial charge on any atom is 1.00 e. The summed E-state index contributed by atoms with van der Waals surface area (Å²) in [4.78, 5) is 23.9. The van der Waals surface area contributed by atoms with E-state index in [9.17, 15) is 24.0 Å². The van der Waals surface area contributed by atoms with Crippen molar-refractivity contribution < 1.29 is 111 Å². The summed E-state index contributed by atoms with van der Waals surface area (Å²) in [5.41, 5.74) is 0. The Labute approximate surface area is 427 Å². The molecule has 0 bridgehead atoms. The molecule has 0 aliphatic heterocycles. The molecule has 0 aliphatic rings. The van der Waals surface area contributed by atoms with Crippen molar-refractivity contribution >= 4 is 15.6 Å². The van der Waals surface area contributed by atoms with Crippen molar-refractivity contribution in [2.45, 2.75) is 210 Å². The van der Waals surface area contributed by atoms with Crippen molar-refractivity contribution in [3.8, 4) is 0 Å². The van der Waals surface area contributed by atoms with Crippen molar-refractivity contribution in [2.75, 3.05) is 46.8 Å². The molecule has 0 radical (unpaired) electrons. The minimum absolute atomic E-state index is 0. The maximum absolute atomic E-state index is 12.5. The van der Waals surface area contributed by atoms with Gasteiger partial charge in [-0.15, -0.1) is 0 Å². The molecule has 362 valence electrons.